The van der Waals surface area contributed by atoms with Crippen LogP contribution in [0.3, 0.4) is 0 Å². The first-order valence-corrected chi connectivity index (χ1v) is 8.48. The van der Waals surface area contributed by atoms with Crippen LogP contribution in [0.4, 0.5) is 11.4 Å². The maximum absolute atomic E-state index is 12.4. The van der Waals surface area contributed by atoms with Crippen LogP contribution in [0.2, 0.25) is 0 Å². The van der Waals surface area contributed by atoms with Crippen molar-refractivity contribution in [1.82, 2.24) is 0 Å². The van der Waals surface area contributed by atoms with Crippen LogP contribution in [0.1, 0.15) is 23.0 Å². The van der Waals surface area contributed by atoms with Gasteiger partial charge in [-0.15, -0.1) is 0 Å². The van der Waals surface area contributed by atoms with E-state index >= 15 is 0 Å². The predicted molar refractivity (Wildman–Crippen MR) is 103 cm³/mol. The fourth-order valence-corrected chi connectivity index (χ4v) is 2.42. The molecule has 2 amide bonds. The van der Waals surface area contributed by atoms with E-state index in [0.717, 1.165) is 0 Å². The van der Waals surface area contributed by atoms with Crippen molar-refractivity contribution in [2.24, 2.45) is 0 Å². The van der Waals surface area contributed by atoms with Gasteiger partial charge in [-0.1, -0.05) is 18.2 Å². The third kappa shape index (κ3) is 4.56. The minimum atomic E-state index is -0.823. The topological polar surface area (TPSA) is 104 Å². The Morgan fingerprint density at radius 2 is 1.79 bits per heavy atom. The lowest BCUT2D eigenvalue weighted by molar-refractivity contribution is -0.122. The highest BCUT2D eigenvalue weighted by atomic mass is 16.5. The number of anilines is 2. The number of ether oxygens (including phenoxy) is 1. The van der Waals surface area contributed by atoms with E-state index in [0.29, 0.717) is 22.7 Å². The number of para-hydroxylation sites is 1. The molecule has 0 aliphatic rings. The van der Waals surface area contributed by atoms with E-state index < -0.39 is 12.0 Å². The van der Waals surface area contributed by atoms with Gasteiger partial charge in [0.1, 0.15) is 11.8 Å². The molecule has 7 nitrogen and oxygen atoms in total. The molecular weight excluding hydrogens is 358 g/mol. The predicted octanol–water partition coefficient (Wildman–Crippen LogP) is 3.81. The second kappa shape index (κ2) is 8.56. The zero-order valence-corrected chi connectivity index (χ0v) is 15.0. The molecule has 28 heavy (non-hydrogen) atoms. The number of furan rings is 1. The fraction of sp³-hybridized carbons (Fsp3) is 0.0952. The van der Waals surface area contributed by atoms with Gasteiger partial charge in [0.15, 0.2) is 11.9 Å². The summed E-state index contributed by atoms with van der Waals surface area (Å²) in [5.41, 5.74) is 1.35. The van der Waals surface area contributed by atoms with Crippen molar-refractivity contribution < 1.29 is 18.7 Å². The Bertz CT molecular complexity index is 1020. The van der Waals surface area contributed by atoms with Gasteiger partial charge < -0.3 is 19.8 Å². The van der Waals surface area contributed by atoms with Gasteiger partial charge in [0, 0.05) is 11.4 Å². The molecule has 0 spiro atoms. The molecule has 0 fully saturated rings. The average molecular weight is 375 g/mol. The van der Waals surface area contributed by atoms with E-state index in [1.807, 2.05) is 6.07 Å². The number of carbonyl (C=O) groups is 2. The average Bonchev–Trinajstić information content (AvgIpc) is 3.23. The van der Waals surface area contributed by atoms with Crippen molar-refractivity contribution in [2.45, 2.75) is 13.0 Å². The van der Waals surface area contributed by atoms with Gasteiger partial charge in [-0.05, 0) is 49.4 Å². The fourth-order valence-electron chi connectivity index (χ4n) is 2.42. The number of benzene rings is 2. The van der Waals surface area contributed by atoms with E-state index in [2.05, 4.69) is 10.6 Å². The summed E-state index contributed by atoms with van der Waals surface area (Å²) in [5, 5.41) is 14.5. The zero-order valence-electron chi connectivity index (χ0n) is 15.0. The summed E-state index contributed by atoms with van der Waals surface area (Å²) in [6.45, 7) is 1.59. The smallest absolute Gasteiger partial charge is 0.291 e. The Labute approximate surface area is 161 Å². The van der Waals surface area contributed by atoms with E-state index in [1.165, 1.54) is 6.26 Å². The second-order valence-electron chi connectivity index (χ2n) is 5.87. The Hall–Kier alpha value is -4.05. The summed E-state index contributed by atoms with van der Waals surface area (Å²) in [7, 11) is 0. The molecule has 1 aromatic heterocycles. The molecule has 1 unspecified atom stereocenters. The van der Waals surface area contributed by atoms with Crippen molar-refractivity contribution in [1.29, 1.82) is 5.26 Å². The van der Waals surface area contributed by atoms with Crippen LogP contribution >= 0.6 is 0 Å². The molecule has 0 bridgehead atoms. The maximum Gasteiger partial charge on any atom is 0.291 e. The molecule has 0 radical (unpaired) electrons. The minimum Gasteiger partial charge on any atom is -0.480 e. The normalized spacial score (nSPS) is 11.1. The van der Waals surface area contributed by atoms with E-state index in [1.54, 1.807) is 67.6 Å². The summed E-state index contributed by atoms with van der Waals surface area (Å²) in [6.07, 6.45) is 0.591. The Morgan fingerprint density at radius 3 is 2.50 bits per heavy atom. The van der Waals surface area contributed by atoms with Crippen molar-refractivity contribution in [3.63, 3.8) is 0 Å². The van der Waals surface area contributed by atoms with Crippen LogP contribution in [0.5, 0.6) is 5.75 Å². The first-order valence-electron chi connectivity index (χ1n) is 8.48. The monoisotopic (exact) mass is 375 g/mol. The van der Waals surface area contributed by atoms with Crippen LogP contribution < -0.4 is 15.4 Å². The number of nitrogens with zero attached hydrogens (tertiary/aromatic N) is 1. The van der Waals surface area contributed by atoms with Crippen LogP contribution in [-0.4, -0.2) is 17.9 Å². The molecule has 1 heterocycles. The van der Waals surface area contributed by atoms with Gasteiger partial charge >= 0.3 is 0 Å². The number of hydrogen-bond donors (Lipinski definition) is 2. The highest BCUT2D eigenvalue weighted by molar-refractivity contribution is 6.02. The summed E-state index contributed by atoms with van der Waals surface area (Å²) in [6, 6.07) is 18.6. The summed E-state index contributed by atoms with van der Waals surface area (Å²) in [4.78, 5) is 24.5. The first kappa shape index (κ1) is 18.7. The second-order valence-corrected chi connectivity index (χ2v) is 5.87. The number of amides is 2. The standard InChI is InChI=1S/C21H17N3O4/c1-14(28-18-9-3-2-6-15(18)13-22)20(25)23-16-7-4-8-17(12-16)24-21(26)19-10-5-11-27-19/h2-12,14H,1H3,(H,23,25)(H,24,26). The van der Waals surface area contributed by atoms with Crippen LogP contribution in [0.25, 0.3) is 0 Å². The molecule has 3 aromatic rings. The van der Waals surface area contributed by atoms with E-state index in [4.69, 9.17) is 14.4 Å². The Morgan fingerprint density at radius 1 is 1.04 bits per heavy atom. The third-order valence-corrected chi connectivity index (χ3v) is 3.81. The van der Waals surface area contributed by atoms with Gasteiger partial charge in [-0.25, -0.2) is 0 Å². The molecule has 0 aliphatic carbocycles. The number of nitriles is 1. The van der Waals surface area contributed by atoms with Crippen molar-refractivity contribution in [3.8, 4) is 11.8 Å². The van der Waals surface area contributed by atoms with Gasteiger partial charge in [-0.3, -0.25) is 9.59 Å². The van der Waals surface area contributed by atoms with Crippen LogP contribution in [0, 0.1) is 11.3 Å². The minimum absolute atomic E-state index is 0.188. The van der Waals surface area contributed by atoms with Gasteiger partial charge in [0.25, 0.3) is 11.8 Å². The van der Waals surface area contributed by atoms with E-state index in [9.17, 15) is 9.59 Å². The molecule has 140 valence electrons. The van der Waals surface area contributed by atoms with Crippen molar-refractivity contribution in [2.75, 3.05) is 10.6 Å². The molecule has 1 atom stereocenters. The number of carbonyl (C=O) groups excluding carboxylic acids is 2. The highest BCUT2D eigenvalue weighted by Crippen LogP contribution is 2.20. The molecular formula is C21H17N3O4. The summed E-state index contributed by atoms with van der Waals surface area (Å²) >= 11 is 0. The molecule has 2 N–H and O–H groups in total. The van der Waals surface area contributed by atoms with Gasteiger partial charge in [0.05, 0.1) is 11.8 Å². The number of hydrogen-bond acceptors (Lipinski definition) is 5. The first-order chi connectivity index (χ1) is 13.6. The lowest BCUT2D eigenvalue weighted by Gasteiger charge is -2.16. The lowest BCUT2D eigenvalue weighted by atomic mass is 10.2. The molecule has 0 saturated carbocycles. The van der Waals surface area contributed by atoms with Gasteiger partial charge in [-0.2, -0.15) is 5.26 Å². The number of nitrogens with one attached hydrogen (secondary N) is 2. The van der Waals surface area contributed by atoms with Crippen LogP contribution in [-0.2, 0) is 4.79 Å². The largest absolute Gasteiger partial charge is 0.480 e. The van der Waals surface area contributed by atoms with Crippen LogP contribution in [0.15, 0.2) is 71.3 Å². The van der Waals surface area contributed by atoms with E-state index in [-0.39, 0.29) is 11.7 Å². The quantitative estimate of drug-likeness (QED) is 0.682. The third-order valence-electron chi connectivity index (χ3n) is 3.81. The molecule has 0 aliphatic heterocycles. The molecule has 0 saturated heterocycles. The highest BCUT2D eigenvalue weighted by Gasteiger charge is 2.17. The zero-order chi connectivity index (χ0) is 19.9. The maximum atomic E-state index is 12.4. The van der Waals surface area contributed by atoms with Gasteiger partial charge in [0.2, 0.25) is 0 Å². The molecule has 7 heteroatoms. The summed E-state index contributed by atoms with van der Waals surface area (Å²) < 4.78 is 10.6. The lowest BCUT2D eigenvalue weighted by Crippen LogP contribution is -2.30. The Balaban J connectivity index is 1.64. The van der Waals surface area contributed by atoms with Crippen molar-refractivity contribution >= 4 is 23.2 Å². The number of rotatable bonds is 6. The molecule has 2 aromatic carbocycles. The SMILES string of the molecule is CC(Oc1ccccc1C#N)C(=O)Nc1cccc(NC(=O)c2ccco2)c1. The Kier molecular flexibility index (Phi) is 5.72. The van der Waals surface area contributed by atoms with Crippen molar-refractivity contribution in [3.05, 3.63) is 78.3 Å². The molecule has 3 rings (SSSR count). The summed E-state index contributed by atoms with van der Waals surface area (Å²) in [5.74, 6) is -0.250.